The molecule has 0 spiro atoms. The van der Waals surface area contributed by atoms with Crippen LogP contribution < -0.4 is 10.1 Å². The Morgan fingerprint density at radius 1 is 0.926 bits per heavy atom. The van der Waals surface area contributed by atoms with Crippen molar-refractivity contribution in [1.29, 1.82) is 0 Å². The maximum absolute atomic E-state index is 12.3. The van der Waals surface area contributed by atoms with E-state index in [1.807, 2.05) is 54.6 Å². The van der Waals surface area contributed by atoms with Gasteiger partial charge in [0.25, 0.3) is 5.91 Å². The molecule has 3 aromatic rings. The quantitative estimate of drug-likeness (QED) is 0.627. The van der Waals surface area contributed by atoms with Gasteiger partial charge in [0.1, 0.15) is 17.2 Å². The van der Waals surface area contributed by atoms with Crippen LogP contribution in [0.4, 0.5) is 0 Å². The van der Waals surface area contributed by atoms with E-state index in [9.17, 15) is 9.59 Å². The normalized spacial score (nSPS) is 10.3. The summed E-state index contributed by atoms with van der Waals surface area (Å²) in [5, 5.41) is 2.87. The molecule has 1 N–H and O–H groups in total. The number of esters is 1. The Hall–Kier alpha value is -3.12. The molecule has 3 rings (SSSR count). The van der Waals surface area contributed by atoms with Gasteiger partial charge in [-0.2, -0.15) is 0 Å². The number of amides is 1. The third kappa shape index (κ3) is 5.18. The van der Waals surface area contributed by atoms with E-state index in [0.29, 0.717) is 22.9 Å². The van der Waals surface area contributed by atoms with Crippen LogP contribution in [0.15, 0.2) is 66.7 Å². The molecule has 0 fully saturated rings. The molecule has 0 bridgehead atoms. The number of rotatable bonds is 7. The highest BCUT2D eigenvalue weighted by atomic mass is 32.1. The fraction of sp³-hybridized carbons (Fsp3) is 0.143. The van der Waals surface area contributed by atoms with E-state index in [2.05, 4.69) is 10.1 Å². The first-order valence-corrected chi connectivity index (χ1v) is 9.19. The smallest absolute Gasteiger partial charge is 0.348 e. The third-order valence-electron chi connectivity index (χ3n) is 3.81. The molecule has 0 saturated carbocycles. The van der Waals surface area contributed by atoms with Gasteiger partial charge in [0, 0.05) is 6.54 Å². The Morgan fingerprint density at radius 3 is 2.44 bits per heavy atom. The number of hydrogen-bond donors (Lipinski definition) is 1. The van der Waals surface area contributed by atoms with E-state index in [4.69, 9.17) is 4.74 Å². The molecule has 0 unspecified atom stereocenters. The van der Waals surface area contributed by atoms with Gasteiger partial charge in [-0.05, 0) is 35.4 Å². The van der Waals surface area contributed by atoms with Crippen LogP contribution in [0.25, 0.3) is 0 Å². The van der Waals surface area contributed by atoms with E-state index in [0.717, 1.165) is 28.2 Å². The number of hydrogen-bond acceptors (Lipinski definition) is 5. The Balaban J connectivity index is 1.55. The van der Waals surface area contributed by atoms with Crippen LogP contribution in [-0.2, 0) is 17.9 Å². The predicted octanol–water partition coefficient (Wildman–Crippen LogP) is 4.04. The Bertz CT molecular complexity index is 921. The summed E-state index contributed by atoms with van der Waals surface area (Å²) in [6, 6.07) is 20.7. The molecule has 138 valence electrons. The topological polar surface area (TPSA) is 64.6 Å². The van der Waals surface area contributed by atoms with Gasteiger partial charge >= 0.3 is 5.97 Å². The molecule has 1 amide bonds. The van der Waals surface area contributed by atoms with E-state index in [1.54, 1.807) is 12.1 Å². The van der Waals surface area contributed by atoms with Crippen LogP contribution in [0.2, 0.25) is 0 Å². The third-order valence-corrected chi connectivity index (χ3v) is 4.87. The number of methoxy groups -OCH3 is 1. The molecule has 0 aliphatic heterocycles. The van der Waals surface area contributed by atoms with Crippen molar-refractivity contribution in [2.24, 2.45) is 0 Å². The molecule has 5 nitrogen and oxygen atoms in total. The second-order valence-corrected chi connectivity index (χ2v) is 6.84. The van der Waals surface area contributed by atoms with E-state index in [-0.39, 0.29) is 5.91 Å². The Kier molecular flexibility index (Phi) is 6.22. The SMILES string of the molecule is COC(=O)c1ccc(C(=O)NCc2cccc(COc3ccccc3)c2)s1. The minimum atomic E-state index is -0.440. The number of carbonyl (C=O) groups is 2. The number of para-hydroxylation sites is 1. The van der Waals surface area contributed by atoms with Crippen LogP contribution in [0, 0.1) is 0 Å². The minimum absolute atomic E-state index is 0.221. The number of ether oxygens (including phenoxy) is 2. The fourth-order valence-electron chi connectivity index (χ4n) is 2.45. The van der Waals surface area contributed by atoms with E-state index in [1.165, 1.54) is 7.11 Å². The molecule has 0 atom stereocenters. The molecular weight excluding hydrogens is 362 g/mol. The lowest BCUT2D eigenvalue weighted by Gasteiger charge is -2.08. The molecule has 6 heteroatoms. The monoisotopic (exact) mass is 381 g/mol. The molecule has 0 aliphatic carbocycles. The van der Waals surface area contributed by atoms with Crippen LogP contribution in [0.3, 0.4) is 0 Å². The molecule has 2 aromatic carbocycles. The number of carbonyl (C=O) groups excluding carboxylic acids is 2. The van der Waals surface area contributed by atoms with Crippen molar-refractivity contribution in [2.75, 3.05) is 7.11 Å². The lowest BCUT2D eigenvalue weighted by molar-refractivity contribution is 0.0606. The van der Waals surface area contributed by atoms with E-state index >= 15 is 0 Å². The second kappa shape index (κ2) is 9.00. The molecule has 0 aliphatic rings. The van der Waals surface area contributed by atoms with Crippen molar-refractivity contribution < 1.29 is 19.1 Å². The summed E-state index contributed by atoms with van der Waals surface area (Å²) in [7, 11) is 1.32. The summed E-state index contributed by atoms with van der Waals surface area (Å²) in [5.41, 5.74) is 2.00. The summed E-state index contributed by atoms with van der Waals surface area (Å²) >= 11 is 1.11. The standard InChI is InChI=1S/C21H19NO4S/c1-25-21(24)19-11-10-18(27-19)20(23)22-13-15-6-5-7-16(12-15)14-26-17-8-3-2-4-9-17/h2-12H,13-14H2,1H3,(H,22,23). The van der Waals surface area contributed by atoms with Gasteiger partial charge in [0.05, 0.1) is 12.0 Å². The molecule has 1 aromatic heterocycles. The minimum Gasteiger partial charge on any atom is -0.489 e. The molecule has 0 radical (unpaired) electrons. The maximum atomic E-state index is 12.3. The zero-order valence-corrected chi connectivity index (χ0v) is 15.6. The second-order valence-electron chi connectivity index (χ2n) is 5.76. The summed E-state index contributed by atoms with van der Waals surface area (Å²) < 4.78 is 10.4. The van der Waals surface area contributed by atoms with Gasteiger partial charge < -0.3 is 14.8 Å². The van der Waals surface area contributed by atoms with Gasteiger partial charge in [0.15, 0.2) is 0 Å². The van der Waals surface area contributed by atoms with Gasteiger partial charge in [0.2, 0.25) is 0 Å². The van der Waals surface area contributed by atoms with Crippen molar-refractivity contribution in [3.05, 3.63) is 87.6 Å². The van der Waals surface area contributed by atoms with Gasteiger partial charge in [-0.3, -0.25) is 4.79 Å². The zero-order valence-electron chi connectivity index (χ0n) is 14.8. The molecular formula is C21H19NO4S. The number of thiophene rings is 1. The van der Waals surface area contributed by atoms with Crippen LogP contribution in [0.1, 0.15) is 30.5 Å². The summed E-state index contributed by atoms with van der Waals surface area (Å²) in [4.78, 5) is 24.6. The van der Waals surface area contributed by atoms with Crippen LogP contribution in [0.5, 0.6) is 5.75 Å². The first-order valence-electron chi connectivity index (χ1n) is 8.38. The highest BCUT2D eigenvalue weighted by Crippen LogP contribution is 2.18. The van der Waals surface area contributed by atoms with Crippen molar-refractivity contribution in [1.82, 2.24) is 5.32 Å². The first-order chi connectivity index (χ1) is 13.2. The highest BCUT2D eigenvalue weighted by Gasteiger charge is 2.13. The number of nitrogens with one attached hydrogen (secondary N) is 1. The fourth-order valence-corrected chi connectivity index (χ4v) is 3.29. The Labute approximate surface area is 161 Å². The van der Waals surface area contributed by atoms with Crippen molar-refractivity contribution in [2.45, 2.75) is 13.2 Å². The average molecular weight is 381 g/mol. The summed E-state index contributed by atoms with van der Waals surface area (Å²) in [5.74, 6) is 0.154. The summed E-state index contributed by atoms with van der Waals surface area (Å²) in [6.07, 6.45) is 0. The van der Waals surface area contributed by atoms with E-state index < -0.39 is 5.97 Å². The lowest BCUT2D eigenvalue weighted by Crippen LogP contribution is -2.21. The van der Waals surface area contributed by atoms with Crippen molar-refractivity contribution in [3.8, 4) is 5.75 Å². The lowest BCUT2D eigenvalue weighted by atomic mass is 10.1. The van der Waals surface area contributed by atoms with Crippen LogP contribution >= 0.6 is 11.3 Å². The van der Waals surface area contributed by atoms with Gasteiger partial charge in [-0.1, -0.05) is 42.5 Å². The van der Waals surface area contributed by atoms with Crippen molar-refractivity contribution in [3.63, 3.8) is 0 Å². The highest BCUT2D eigenvalue weighted by molar-refractivity contribution is 7.15. The van der Waals surface area contributed by atoms with Crippen molar-refractivity contribution >= 4 is 23.2 Å². The maximum Gasteiger partial charge on any atom is 0.348 e. The van der Waals surface area contributed by atoms with Gasteiger partial charge in [-0.25, -0.2) is 4.79 Å². The first kappa shape index (κ1) is 18.7. The average Bonchev–Trinajstić information content (AvgIpc) is 3.21. The van der Waals surface area contributed by atoms with Crippen LogP contribution in [-0.4, -0.2) is 19.0 Å². The predicted molar refractivity (Wildman–Crippen MR) is 104 cm³/mol. The number of benzene rings is 2. The molecule has 1 heterocycles. The summed E-state index contributed by atoms with van der Waals surface area (Å²) in [6.45, 7) is 0.850. The zero-order chi connectivity index (χ0) is 19.1. The largest absolute Gasteiger partial charge is 0.489 e. The molecule has 0 saturated heterocycles. The molecule has 27 heavy (non-hydrogen) atoms. The Morgan fingerprint density at radius 2 is 1.67 bits per heavy atom. The van der Waals surface area contributed by atoms with Gasteiger partial charge in [-0.15, -0.1) is 11.3 Å².